The van der Waals surface area contributed by atoms with Crippen molar-refractivity contribution >= 4 is 16.7 Å². The number of nitrogens with zero attached hydrogens (tertiary/aromatic N) is 3. The largest absolute Gasteiger partial charge is 0.306 e. The van der Waals surface area contributed by atoms with Crippen LogP contribution in [0.25, 0.3) is 16.7 Å². The molecule has 0 radical (unpaired) electrons. The van der Waals surface area contributed by atoms with E-state index in [1.54, 1.807) is 0 Å². The fraction of sp³-hybridized carbons (Fsp3) is 0.511. The number of allylic oxidation sites excluding steroid dienone is 4. The summed E-state index contributed by atoms with van der Waals surface area (Å²) in [5.41, 5.74) is 15.3. The first kappa shape index (κ1) is 42.6. The van der Waals surface area contributed by atoms with Gasteiger partial charge >= 0.3 is 0 Å². The minimum Gasteiger partial charge on any atom is -0.306 e. The zero-order valence-electron chi connectivity index (χ0n) is 30.1. The lowest BCUT2D eigenvalue weighted by atomic mass is 9.92. The van der Waals surface area contributed by atoms with Crippen molar-refractivity contribution in [1.82, 2.24) is 14.4 Å². The van der Waals surface area contributed by atoms with E-state index in [2.05, 4.69) is 152 Å². The first-order chi connectivity index (χ1) is 21.3. The minimum atomic E-state index is 0. The van der Waals surface area contributed by atoms with Gasteiger partial charge in [-0.1, -0.05) is 136 Å². The van der Waals surface area contributed by atoms with Gasteiger partial charge in [0, 0.05) is 18.8 Å². The van der Waals surface area contributed by atoms with Crippen LogP contribution >= 0.6 is 0 Å². The van der Waals surface area contributed by atoms with Gasteiger partial charge in [-0.15, -0.1) is 0 Å². The van der Waals surface area contributed by atoms with Crippen LogP contribution in [0.1, 0.15) is 174 Å². The van der Waals surface area contributed by atoms with E-state index in [1.807, 2.05) is 12.5 Å². The second kappa shape index (κ2) is 18.3. The van der Waals surface area contributed by atoms with E-state index in [0.29, 0.717) is 35.5 Å². The Morgan fingerprint density at radius 1 is 0.542 bits per heavy atom. The van der Waals surface area contributed by atoms with Crippen LogP contribution in [-0.2, 0) is 12.8 Å². The molecule has 264 valence electrons. The van der Waals surface area contributed by atoms with Gasteiger partial charge in [-0.3, -0.25) is 4.98 Å². The van der Waals surface area contributed by atoms with Crippen LogP contribution in [0.2, 0.25) is 0 Å². The quantitative estimate of drug-likeness (QED) is 0.208. The van der Waals surface area contributed by atoms with E-state index < -0.39 is 0 Å². The smallest absolute Gasteiger partial charge is 0.0995 e. The van der Waals surface area contributed by atoms with Crippen molar-refractivity contribution in [1.29, 1.82) is 0 Å². The van der Waals surface area contributed by atoms with E-state index in [4.69, 9.17) is 0 Å². The van der Waals surface area contributed by atoms with Gasteiger partial charge in [-0.2, -0.15) is 0 Å². The Balaban J connectivity index is 0.000000349. The van der Waals surface area contributed by atoms with Gasteiger partial charge in [0.15, 0.2) is 0 Å². The number of rotatable bonds is 6. The molecule has 0 atom stereocenters. The first-order valence-corrected chi connectivity index (χ1v) is 17.3. The summed E-state index contributed by atoms with van der Waals surface area (Å²) in [7, 11) is 0. The number of hydrogen-bond donors (Lipinski definition) is 0. The molecule has 3 nitrogen and oxygen atoms in total. The topological polar surface area (TPSA) is 30.2 Å². The van der Waals surface area contributed by atoms with Crippen LogP contribution in [0.15, 0.2) is 67.3 Å². The third-order valence-corrected chi connectivity index (χ3v) is 9.19. The van der Waals surface area contributed by atoms with Gasteiger partial charge in [0.25, 0.3) is 0 Å². The molecule has 0 aliphatic heterocycles. The average Bonchev–Trinajstić information content (AvgIpc) is 3.73. The molecule has 6 rings (SSSR count). The second-order valence-electron chi connectivity index (χ2n) is 14.7. The Labute approximate surface area is 296 Å². The molecule has 2 aliphatic rings. The third kappa shape index (κ3) is 9.80. The predicted molar refractivity (Wildman–Crippen MR) is 215 cm³/mol. The molecule has 1 aromatic carbocycles. The Hall–Kier alpha value is -3.46. The molecule has 2 aliphatic carbocycles. The summed E-state index contributed by atoms with van der Waals surface area (Å²) in [5, 5.41) is 0. The van der Waals surface area contributed by atoms with Crippen LogP contribution in [0.4, 0.5) is 0 Å². The van der Waals surface area contributed by atoms with E-state index in [1.165, 1.54) is 61.4 Å². The van der Waals surface area contributed by atoms with Crippen molar-refractivity contribution in [2.75, 3.05) is 0 Å². The molecule has 0 amide bonds. The predicted octanol–water partition coefficient (Wildman–Crippen LogP) is 13.7. The Bertz CT molecular complexity index is 1580. The number of aromatic nitrogens is 3. The van der Waals surface area contributed by atoms with Gasteiger partial charge in [0.1, 0.15) is 0 Å². The highest BCUT2D eigenvalue weighted by atomic mass is 15.0. The summed E-state index contributed by atoms with van der Waals surface area (Å²) in [6.45, 7) is 26.8. The third-order valence-electron chi connectivity index (χ3n) is 9.19. The summed E-state index contributed by atoms with van der Waals surface area (Å²) in [6.07, 6.45) is 12.9. The monoisotopic (exact) mass is 652 g/mol. The summed E-state index contributed by atoms with van der Waals surface area (Å²) < 4.78 is 2.10. The maximum absolute atomic E-state index is 4.56. The van der Waals surface area contributed by atoms with Crippen molar-refractivity contribution in [2.45, 2.75) is 142 Å². The molecule has 0 saturated carbocycles. The standard InChI is InChI=1S/C15H20.C14H19N.C13H18N2.3CH4/c1-10(2)13-6-5-12-7-8-14(11(3)4)15(12)9-13;1-9(2)11-7-13-12(10(3)4)5-6-14(13)15-8-11;1-9(2)11-5-6-15-8-14-13(10(3)4)12(15)7-11;;;/h5-6,8-11H,7H2,1-4H3;5,7-10H,6H2,1-4H3;5-10H,1-4H3;3*1H4. The van der Waals surface area contributed by atoms with Crippen LogP contribution in [0.3, 0.4) is 0 Å². The molecule has 0 N–H and O–H groups in total. The highest BCUT2D eigenvalue weighted by Gasteiger charge is 2.19. The van der Waals surface area contributed by atoms with Gasteiger partial charge in [-0.05, 0) is 105 Å². The molecule has 3 heteroatoms. The lowest BCUT2D eigenvalue weighted by Gasteiger charge is -2.13. The van der Waals surface area contributed by atoms with Gasteiger partial charge in [-0.25, -0.2) is 4.98 Å². The fourth-order valence-electron chi connectivity index (χ4n) is 6.21. The van der Waals surface area contributed by atoms with E-state index >= 15 is 0 Å². The number of pyridine rings is 2. The molecular weight excluding hydrogens is 583 g/mol. The molecular formula is C45H69N3. The van der Waals surface area contributed by atoms with Gasteiger partial charge < -0.3 is 4.40 Å². The molecule has 0 unspecified atom stereocenters. The zero-order valence-corrected chi connectivity index (χ0v) is 30.1. The van der Waals surface area contributed by atoms with Crippen LogP contribution in [0, 0.1) is 11.8 Å². The van der Waals surface area contributed by atoms with Crippen LogP contribution < -0.4 is 0 Å². The number of imidazole rings is 1. The summed E-state index contributed by atoms with van der Waals surface area (Å²) in [4.78, 5) is 9.02. The molecule has 4 aromatic rings. The van der Waals surface area contributed by atoms with E-state index in [9.17, 15) is 0 Å². The lowest BCUT2D eigenvalue weighted by Crippen LogP contribution is -1.98. The Kier molecular flexibility index (Phi) is 16.3. The average molecular weight is 652 g/mol. The summed E-state index contributed by atoms with van der Waals surface area (Å²) >= 11 is 0. The molecule has 0 saturated heterocycles. The minimum absolute atomic E-state index is 0. The normalized spacial score (nSPS) is 12.9. The van der Waals surface area contributed by atoms with Crippen LogP contribution in [0.5, 0.6) is 0 Å². The maximum atomic E-state index is 4.56. The van der Waals surface area contributed by atoms with Crippen molar-refractivity contribution < 1.29 is 0 Å². The first-order valence-electron chi connectivity index (χ1n) is 17.3. The lowest BCUT2D eigenvalue weighted by molar-refractivity contribution is 0.838. The highest BCUT2D eigenvalue weighted by Crippen LogP contribution is 2.35. The van der Waals surface area contributed by atoms with Gasteiger partial charge in [0.2, 0.25) is 0 Å². The SMILES string of the molecule is C.C.C.CC(C)C1=CCc2ccc(C(C)C)cc21.CC(C)C1=CCc2ncc(C(C)C)cc21.CC(C)c1ccn2cnc(C(C)C)c2c1. The number of fused-ring (bicyclic) bond motifs is 3. The molecule has 0 fully saturated rings. The van der Waals surface area contributed by atoms with E-state index in [-0.39, 0.29) is 22.3 Å². The van der Waals surface area contributed by atoms with Crippen molar-refractivity contribution in [3.63, 3.8) is 0 Å². The Morgan fingerprint density at radius 3 is 1.65 bits per heavy atom. The van der Waals surface area contributed by atoms with Crippen molar-refractivity contribution in [2.24, 2.45) is 11.8 Å². The number of hydrogen-bond acceptors (Lipinski definition) is 2. The molecule has 48 heavy (non-hydrogen) atoms. The molecule has 3 heterocycles. The fourth-order valence-corrected chi connectivity index (χ4v) is 6.21. The summed E-state index contributed by atoms with van der Waals surface area (Å²) in [6, 6.07) is 13.7. The highest BCUT2D eigenvalue weighted by molar-refractivity contribution is 5.75. The second-order valence-corrected chi connectivity index (χ2v) is 14.7. The number of benzene rings is 1. The maximum Gasteiger partial charge on any atom is 0.0995 e. The molecule has 0 spiro atoms. The Morgan fingerprint density at radius 2 is 1.08 bits per heavy atom. The van der Waals surface area contributed by atoms with Gasteiger partial charge in [0.05, 0.1) is 23.2 Å². The van der Waals surface area contributed by atoms with E-state index in [0.717, 1.165) is 12.8 Å². The van der Waals surface area contributed by atoms with Crippen molar-refractivity contribution in [3.05, 3.63) is 112 Å². The summed E-state index contributed by atoms with van der Waals surface area (Å²) in [5.74, 6) is 3.51. The molecule has 3 aromatic heterocycles. The van der Waals surface area contributed by atoms with Crippen LogP contribution in [-0.4, -0.2) is 14.4 Å². The van der Waals surface area contributed by atoms with Crippen molar-refractivity contribution in [3.8, 4) is 0 Å². The molecule has 0 bridgehead atoms. The zero-order chi connectivity index (χ0) is 33.0.